The number of benzene rings is 2. The number of nitro benzene ring substituents is 1. The van der Waals surface area contributed by atoms with Crippen LogP contribution in [-0.2, 0) is 19.4 Å². The molecule has 4 heteroatoms. The maximum Gasteiger partial charge on any atom is 0.272 e. The predicted molar refractivity (Wildman–Crippen MR) is 82.3 cm³/mol. The van der Waals surface area contributed by atoms with Crippen molar-refractivity contribution in [3.8, 4) is 0 Å². The highest BCUT2D eigenvalue weighted by Crippen LogP contribution is 2.24. The minimum absolute atomic E-state index is 0.198. The van der Waals surface area contributed by atoms with Gasteiger partial charge in [-0.25, -0.2) is 0 Å². The van der Waals surface area contributed by atoms with Gasteiger partial charge in [0.25, 0.3) is 5.69 Å². The lowest BCUT2D eigenvalue weighted by Crippen LogP contribution is -2.29. The smallest absolute Gasteiger partial charge is 0.272 e. The molecule has 2 aromatic rings. The second-order valence-corrected chi connectivity index (χ2v) is 5.57. The lowest BCUT2D eigenvalue weighted by Gasteiger charge is -2.13. The summed E-state index contributed by atoms with van der Waals surface area (Å²) < 4.78 is 0. The van der Waals surface area contributed by atoms with E-state index in [2.05, 4.69) is 29.6 Å². The summed E-state index contributed by atoms with van der Waals surface area (Å²) in [6.07, 6.45) is 2.06. The predicted octanol–water partition coefficient (Wildman–Crippen LogP) is 3.16. The Morgan fingerprint density at radius 3 is 2.43 bits per heavy atom. The highest BCUT2D eigenvalue weighted by atomic mass is 16.6. The Bertz CT molecular complexity index is 657. The van der Waals surface area contributed by atoms with Gasteiger partial charge >= 0.3 is 0 Å². The fourth-order valence-corrected chi connectivity index (χ4v) is 3.02. The Balaban J connectivity index is 1.67. The van der Waals surface area contributed by atoms with Crippen molar-refractivity contribution in [2.45, 2.75) is 32.4 Å². The topological polar surface area (TPSA) is 55.2 Å². The lowest BCUT2D eigenvalue weighted by molar-refractivity contribution is -0.385. The maximum atomic E-state index is 11.0. The molecular weight excluding hydrogens is 264 g/mol. The second kappa shape index (κ2) is 5.66. The van der Waals surface area contributed by atoms with Crippen molar-refractivity contribution in [1.82, 2.24) is 5.32 Å². The van der Waals surface area contributed by atoms with Gasteiger partial charge in [-0.3, -0.25) is 10.1 Å². The van der Waals surface area contributed by atoms with Crippen LogP contribution < -0.4 is 5.32 Å². The zero-order valence-corrected chi connectivity index (χ0v) is 12.0. The van der Waals surface area contributed by atoms with Gasteiger partial charge in [0, 0.05) is 24.2 Å². The van der Waals surface area contributed by atoms with Crippen molar-refractivity contribution in [2.24, 2.45) is 0 Å². The zero-order valence-electron chi connectivity index (χ0n) is 12.0. The fraction of sp³-hybridized carbons (Fsp3) is 0.294. The van der Waals surface area contributed by atoms with E-state index in [1.165, 1.54) is 11.1 Å². The van der Waals surface area contributed by atoms with Crippen molar-refractivity contribution in [3.63, 3.8) is 0 Å². The van der Waals surface area contributed by atoms with E-state index in [1.807, 2.05) is 13.0 Å². The third-order valence-electron chi connectivity index (χ3n) is 4.25. The molecule has 0 amide bonds. The van der Waals surface area contributed by atoms with Crippen molar-refractivity contribution >= 4 is 5.69 Å². The molecule has 0 heterocycles. The van der Waals surface area contributed by atoms with Crippen LogP contribution in [0.4, 0.5) is 5.69 Å². The van der Waals surface area contributed by atoms with Crippen molar-refractivity contribution in [2.75, 3.05) is 0 Å². The Morgan fingerprint density at radius 2 is 1.81 bits per heavy atom. The number of fused-ring (bicyclic) bond motifs is 1. The van der Waals surface area contributed by atoms with Gasteiger partial charge in [-0.1, -0.05) is 36.4 Å². The summed E-state index contributed by atoms with van der Waals surface area (Å²) >= 11 is 0. The molecule has 0 aromatic heterocycles. The molecule has 3 rings (SSSR count). The Morgan fingerprint density at radius 1 is 1.14 bits per heavy atom. The van der Waals surface area contributed by atoms with Gasteiger partial charge in [0.1, 0.15) is 0 Å². The van der Waals surface area contributed by atoms with E-state index in [1.54, 1.807) is 12.1 Å². The zero-order chi connectivity index (χ0) is 14.8. The number of hydrogen-bond donors (Lipinski definition) is 1. The molecule has 0 aliphatic heterocycles. The molecule has 0 bridgehead atoms. The van der Waals surface area contributed by atoms with Gasteiger partial charge in [0.05, 0.1) is 4.92 Å². The van der Waals surface area contributed by atoms with Crippen LogP contribution in [0.15, 0.2) is 42.5 Å². The molecule has 0 saturated carbocycles. The van der Waals surface area contributed by atoms with E-state index in [-0.39, 0.29) is 10.6 Å². The van der Waals surface area contributed by atoms with Crippen LogP contribution in [0.25, 0.3) is 0 Å². The third-order valence-corrected chi connectivity index (χ3v) is 4.25. The van der Waals surface area contributed by atoms with E-state index in [0.717, 1.165) is 24.0 Å². The number of nitrogens with zero attached hydrogens (tertiary/aromatic N) is 1. The van der Waals surface area contributed by atoms with Crippen molar-refractivity contribution in [1.29, 1.82) is 0 Å². The van der Waals surface area contributed by atoms with Crippen molar-refractivity contribution < 1.29 is 4.92 Å². The normalized spacial score (nSPS) is 14.1. The highest BCUT2D eigenvalue weighted by Gasteiger charge is 2.21. The Labute approximate surface area is 124 Å². The summed E-state index contributed by atoms with van der Waals surface area (Å²) in [5.74, 6) is 0. The van der Waals surface area contributed by atoms with Gasteiger partial charge < -0.3 is 5.32 Å². The quantitative estimate of drug-likeness (QED) is 0.692. The largest absolute Gasteiger partial charge is 0.309 e. The molecule has 1 aliphatic rings. The first kappa shape index (κ1) is 13.8. The number of nitro groups is 1. The molecule has 0 fully saturated rings. The molecule has 21 heavy (non-hydrogen) atoms. The minimum Gasteiger partial charge on any atom is -0.309 e. The van der Waals surface area contributed by atoms with E-state index < -0.39 is 0 Å². The SMILES string of the molecule is Cc1c(CNC2Cc3ccccc3C2)cccc1[N+](=O)[O-]. The molecule has 0 spiro atoms. The molecule has 4 nitrogen and oxygen atoms in total. The molecule has 0 saturated heterocycles. The summed E-state index contributed by atoms with van der Waals surface area (Å²) in [6, 6.07) is 14.2. The summed E-state index contributed by atoms with van der Waals surface area (Å²) in [6.45, 7) is 2.49. The lowest BCUT2D eigenvalue weighted by atomic mass is 10.1. The minimum atomic E-state index is -0.315. The maximum absolute atomic E-state index is 11.0. The second-order valence-electron chi connectivity index (χ2n) is 5.57. The Hall–Kier alpha value is -2.20. The van der Waals surface area contributed by atoms with Crippen molar-refractivity contribution in [3.05, 3.63) is 74.8 Å². The van der Waals surface area contributed by atoms with Gasteiger partial charge in [-0.2, -0.15) is 0 Å². The molecule has 108 valence electrons. The van der Waals surface area contributed by atoms with E-state index >= 15 is 0 Å². The third kappa shape index (κ3) is 2.81. The van der Waals surface area contributed by atoms with E-state index in [9.17, 15) is 10.1 Å². The molecule has 1 N–H and O–H groups in total. The highest BCUT2D eigenvalue weighted by molar-refractivity contribution is 5.44. The van der Waals surface area contributed by atoms with E-state index in [0.29, 0.717) is 12.6 Å². The molecular formula is C17H18N2O2. The van der Waals surface area contributed by atoms with Crippen LogP contribution in [0.2, 0.25) is 0 Å². The van der Waals surface area contributed by atoms with Crippen LogP contribution in [0.5, 0.6) is 0 Å². The number of hydrogen-bond acceptors (Lipinski definition) is 3. The monoisotopic (exact) mass is 282 g/mol. The number of nitrogens with one attached hydrogen (secondary N) is 1. The first-order valence-electron chi connectivity index (χ1n) is 7.18. The molecule has 1 aliphatic carbocycles. The standard InChI is InChI=1S/C17H18N2O2/c1-12-15(7-4-8-17(12)19(20)21)11-18-16-9-13-5-2-3-6-14(13)10-16/h2-8,16,18H,9-11H2,1H3. The summed E-state index contributed by atoms with van der Waals surface area (Å²) in [4.78, 5) is 10.7. The molecule has 0 unspecified atom stereocenters. The molecule has 0 radical (unpaired) electrons. The average molecular weight is 282 g/mol. The van der Waals surface area contributed by atoms with Crippen LogP contribution in [0.3, 0.4) is 0 Å². The van der Waals surface area contributed by atoms with Gasteiger partial charge in [0.15, 0.2) is 0 Å². The summed E-state index contributed by atoms with van der Waals surface area (Å²) in [7, 11) is 0. The van der Waals surface area contributed by atoms with Crippen LogP contribution in [0, 0.1) is 17.0 Å². The van der Waals surface area contributed by atoms with Gasteiger partial charge in [-0.15, -0.1) is 0 Å². The van der Waals surface area contributed by atoms with Crippen LogP contribution >= 0.6 is 0 Å². The summed E-state index contributed by atoms with van der Waals surface area (Å²) in [5, 5.41) is 14.5. The first-order chi connectivity index (χ1) is 10.1. The first-order valence-corrected chi connectivity index (χ1v) is 7.18. The molecule has 0 atom stereocenters. The van der Waals surface area contributed by atoms with Gasteiger partial charge in [-0.05, 0) is 36.5 Å². The fourth-order valence-electron chi connectivity index (χ4n) is 3.02. The average Bonchev–Trinajstić information content (AvgIpc) is 2.88. The number of rotatable bonds is 4. The van der Waals surface area contributed by atoms with Crippen LogP contribution in [0.1, 0.15) is 22.3 Å². The van der Waals surface area contributed by atoms with Crippen LogP contribution in [-0.4, -0.2) is 11.0 Å². The van der Waals surface area contributed by atoms with E-state index in [4.69, 9.17) is 0 Å². The summed E-state index contributed by atoms with van der Waals surface area (Å²) in [5.41, 5.74) is 4.77. The molecule has 2 aromatic carbocycles. The van der Waals surface area contributed by atoms with Gasteiger partial charge in [0.2, 0.25) is 0 Å². The Kier molecular flexibility index (Phi) is 3.71.